The predicted octanol–water partition coefficient (Wildman–Crippen LogP) is 5.72. The minimum absolute atomic E-state index is 0.147. The highest BCUT2D eigenvalue weighted by atomic mass is 32.2. The molecule has 1 aliphatic rings. The third kappa shape index (κ3) is 3.44. The predicted molar refractivity (Wildman–Crippen MR) is 114 cm³/mol. The zero-order valence-corrected chi connectivity index (χ0v) is 15.7. The first-order chi connectivity index (χ1) is 13.1. The Morgan fingerprint density at radius 1 is 0.852 bits per heavy atom. The number of carbonyl (C=O) groups is 1. The Morgan fingerprint density at radius 2 is 1.48 bits per heavy atom. The Morgan fingerprint density at radius 3 is 2.19 bits per heavy atom. The number of benzene rings is 3. The standard InChI is InChI=1S/C23H18N2OS/c1-16-7-5-6-10-20(16)25-22(26)21(27-23(25)24)15-17-11-13-19(14-12-17)18-8-3-2-4-9-18/h2-15,24H,1H3/b21-15-,24-23?. The Balaban J connectivity index is 1.61. The minimum atomic E-state index is -0.147. The van der Waals surface area contributed by atoms with Crippen molar-refractivity contribution in [3.63, 3.8) is 0 Å². The van der Waals surface area contributed by atoms with Gasteiger partial charge in [0.1, 0.15) is 0 Å². The van der Waals surface area contributed by atoms with E-state index in [0.717, 1.165) is 27.9 Å². The van der Waals surface area contributed by atoms with Crippen molar-refractivity contribution < 1.29 is 4.79 Å². The van der Waals surface area contributed by atoms with Gasteiger partial charge in [0, 0.05) is 0 Å². The number of aryl methyl sites for hydroxylation is 1. The van der Waals surface area contributed by atoms with Crippen LogP contribution in [0.15, 0.2) is 83.8 Å². The van der Waals surface area contributed by atoms with Crippen LogP contribution in [0.2, 0.25) is 0 Å². The molecule has 0 saturated carbocycles. The Bertz CT molecular complexity index is 1040. The molecule has 1 aliphatic heterocycles. The number of hydrogen-bond donors (Lipinski definition) is 1. The smallest absolute Gasteiger partial charge is 0.271 e. The van der Waals surface area contributed by atoms with Gasteiger partial charge in [-0.05, 0) is 53.1 Å². The summed E-state index contributed by atoms with van der Waals surface area (Å²) in [5.74, 6) is -0.147. The molecule has 4 heteroatoms. The topological polar surface area (TPSA) is 44.2 Å². The van der Waals surface area contributed by atoms with Crippen molar-refractivity contribution >= 4 is 34.6 Å². The number of nitrogens with zero attached hydrogens (tertiary/aromatic N) is 1. The highest BCUT2D eigenvalue weighted by Gasteiger charge is 2.34. The zero-order chi connectivity index (χ0) is 18.8. The van der Waals surface area contributed by atoms with E-state index in [1.54, 1.807) is 0 Å². The van der Waals surface area contributed by atoms with E-state index in [-0.39, 0.29) is 11.1 Å². The summed E-state index contributed by atoms with van der Waals surface area (Å²) < 4.78 is 0. The molecule has 132 valence electrons. The van der Waals surface area contributed by atoms with Crippen LogP contribution in [0, 0.1) is 12.3 Å². The van der Waals surface area contributed by atoms with E-state index < -0.39 is 0 Å². The molecule has 3 nitrogen and oxygen atoms in total. The lowest BCUT2D eigenvalue weighted by atomic mass is 10.0. The maximum Gasteiger partial charge on any atom is 0.271 e. The number of amides is 1. The summed E-state index contributed by atoms with van der Waals surface area (Å²) in [6.45, 7) is 1.95. The summed E-state index contributed by atoms with van der Waals surface area (Å²) in [6.07, 6.45) is 1.86. The molecule has 0 aliphatic carbocycles. The van der Waals surface area contributed by atoms with Gasteiger partial charge in [-0.3, -0.25) is 15.1 Å². The van der Waals surface area contributed by atoms with Crippen molar-refractivity contribution in [2.45, 2.75) is 6.92 Å². The Labute approximate surface area is 162 Å². The second kappa shape index (κ2) is 7.25. The lowest BCUT2D eigenvalue weighted by Crippen LogP contribution is -2.28. The van der Waals surface area contributed by atoms with E-state index in [4.69, 9.17) is 5.41 Å². The van der Waals surface area contributed by atoms with Crippen LogP contribution >= 0.6 is 11.8 Å². The molecule has 0 unspecified atom stereocenters. The van der Waals surface area contributed by atoms with Gasteiger partial charge >= 0.3 is 0 Å². The fourth-order valence-electron chi connectivity index (χ4n) is 3.07. The first-order valence-corrected chi connectivity index (χ1v) is 9.49. The summed E-state index contributed by atoms with van der Waals surface area (Å²) in [7, 11) is 0. The number of rotatable bonds is 3. The Hall–Kier alpha value is -3.11. The lowest BCUT2D eigenvalue weighted by molar-refractivity contribution is -0.113. The van der Waals surface area contributed by atoms with Crippen molar-refractivity contribution in [1.29, 1.82) is 5.41 Å². The van der Waals surface area contributed by atoms with Crippen LogP contribution in [0.3, 0.4) is 0 Å². The van der Waals surface area contributed by atoms with E-state index in [1.165, 1.54) is 16.7 Å². The fourth-order valence-corrected chi connectivity index (χ4v) is 3.93. The average molecular weight is 370 g/mol. The molecule has 1 heterocycles. The largest absolute Gasteiger partial charge is 0.278 e. The number of hydrogen-bond acceptors (Lipinski definition) is 3. The van der Waals surface area contributed by atoms with Crippen molar-refractivity contribution in [1.82, 2.24) is 0 Å². The maximum atomic E-state index is 12.9. The number of amidine groups is 1. The molecule has 3 aromatic carbocycles. The van der Waals surface area contributed by atoms with Gasteiger partial charge in [-0.1, -0.05) is 72.8 Å². The van der Waals surface area contributed by atoms with E-state index in [9.17, 15) is 4.79 Å². The van der Waals surface area contributed by atoms with Crippen molar-refractivity contribution in [3.8, 4) is 11.1 Å². The van der Waals surface area contributed by atoms with E-state index >= 15 is 0 Å². The van der Waals surface area contributed by atoms with Crippen LogP contribution in [-0.4, -0.2) is 11.1 Å². The van der Waals surface area contributed by atoms with Crippen LogP contribution in [0.25, 0.3) is 17.2 Å². The number of carbonyl (C=O) groups excluding carboxylic acids is 1. The highest BCUT2D eigenvalue weighted by Crippen LogP contribution is 2.36. The molecule has 3 aromatic rings. The van der Waals surface area contributed by atoms with Crippen LogP contribution in [0.4, 0.5) is 5.69 Å². The van der Waals surface area contributed by atoms with Crippen LogP contribution in [0.5, 0.6) is 0 Å². The molecule has 1 fully saturated rings. The number of nitrogens with one attached hydrogen (secondary N) is 1. The maximum absolute atomic E-state index is 12.9. The summed E-state index contributed by atoms with van der Waals surface area (Å²) >= 11 is 1.20. The second-order valence-corrected chi connectivity index (χ2v) is 7.36. The van der Waals surface area contributed by atoms with Crippen LogP contribution < -0.4 is 4.90 Å². The van der Waals surface area contributed by atoms with Gasteiger partial charge in [0.05, 0.1) is 10.6 Å². The van der Waals surface area contributed by atoms with Crippen molar-refractivity contribution in [2.75, 3.05) is 4.90 Å². The fraction of sp³-hybridized carbons (Fsp3) is 0.0435. The zero-order valence-electron chi connectivity index (χ0n) is 14.8. The molecule has 0 radical (unpaired) electrons. The normalized spacial score (nSPS) is 15.6. The van der Waals surface area contributed by atoms with Gasteiger partial charge in [-0.2, -0.15) is 0 Å². The van der Waals surface area contributed by atoms with Gasteiger partial charge in [-0.15, -0.1) is 0 Å². The molecular formula is C23H18N2OS. The van der Waals surface area contributed by atoms with Gasteiger partial charge in [0.25, 0.3) is 5.91 Å². The van der Waals surface area contributed by atoms with E-state index in [1.807, 2.05) is 67.6 Å². The quantitative estimate of drug-likeness (QED) is 0.600. The molecular weight excluding hydrogens is 352 g/mol. The average Bonchev–Trinajstić information content (AvgIpc) is 2.97. The molecule has 0 aromatic heterocycles. The highest BCUT2D eigenvalue weighted by molar-refractivity contribution is 8.19. The van der Waals surface area contributed by atoms with Gasteiger partial charge in [0.2, 0.25) is 0 Å². The lowest BCUT2D eigenvalue weighted by Gasteiger charge is -2.16. The third-order valence-corrected chi connectivity index (χ3v) is 5.38. The number of thioether (sulfide) groups is 1. The molecule has 27 heavy (non-hydrogen) atoms. The van der Waals surface area contributed by atoms with Gasteiger partial charge < -0.3 is 0 Å². The number of anilines is 1. The molecule has 1 saturated heterocycles. The first kappa shape index (κ1) is 17.3. The molecule has 0 atom stereocenters. The summed E-state index contributed by atoms with van der Waals surface area (Å²) in [5, 5.41) is 8.48. The van der Waals surface area contributed by atoms with E-state index in [2.05, 4.69) is 24.3 Å². The first-order valence-electron chi connectivity index (χ1n) is 8.67. The molecule has 4 rings (SSSR count). The monoisotopic (exact) mass is 370 g/mol. The molecule has 1 amide bonds. The van der Waals surface area contributed by atoms with Crippen molar-refractivity contribution in [3.05, 3.63) is 94.9 Å². The summed E-state index contributed by atoms with van der Waals surface area (Å²) in [4.78, 5) is 14.9. The van der Waals surface area contributed by atoms with Crippen LogP contribution in [-0.2, 0) is 4.79 Å². The summed E-state index contributed by atoms with van der Waals surface area (Å²) in [5.41, 5.74) is 4.99. The molecule has 0 bridgehead atoms. The van der Waals surface area contributed by atoms with Crippen molar-refractivity contribution in [2.24, 2.45) is 0 Å². The molecule has 1 N–H and O–H groups in total. The molecule has 0 spiro atoms. The second-order valence-electron chi connectivity index (χ2n) is 6.33. The third-order valence-electron chi connectivity index (χ3n) is 4.50. The minimum Gasteiger partial charge on any atom is -0.278 e. The van der Waals surface area contributed by atoms with Gasteiger partial charge in [-0.25, -0.2) is 0 Å². The van der Waals surface area contributed by atoms with Crippen LogP contribution in [0.1, 0.15) is 11.1 Å². The van der Waals surface area contributed by atoms with Gasteiger partial charge in [0.15, 0.2) is 5.17 Å². The Kier molecular flexibility index (Phi) is 4.65. The number of para-hydroxylation sites is 1. The SMILES string of the molecule is Cc1ccccc1N1C(=N)S/C(=C\c2ccc(-c3ccccc3)cc2)C1=O. The van der Waals surface area contributed by atoms with E-state index in [0.29, 0.717) is 4.91 Å². The summed E-state index contributed by atoms with van der Waals surface area (Å²) in [6, 6.07) is 25.9.